The van der Waals surface area contributed by atoms with E-state index in [1.807, 2.05) is 38.2 Å². The minimum atomic E-state index is 0.416. The number of hydrogen-bond acceptors (Lipinski definition) is 6. The molecule has 0 spiro atoms. The van der Waals surface area contributed by atoms with Crippen molar-refractivity contribution in [2.45, 2.75) is 13.3 Å². The maximum Gasteiger partial charge on any atom is 0.229 e. The molecule has 26 heavy (non-hydrogen) atoms. The number of likely N-dealkylation sites (tertiary alicyclic amines) is 1. The maximum atomic E-state index is 5.46. The van der Waals surface area contributed by atoms with Crippen molar-refractivity contribution < 1.29 is 4.74 Å². The van der Waals surface area contributed by atoms with Crippen molar-refractivity contribution in [2.24, 2.45) is 5.92 Å². The Bertz CT molecular complexity index is 840. The predicted molar refractivity (Wildman–Crippen MR) is 105 cm³/mol. The van der Waals surface area contributed by atoms with Crippen LogP contribution in [0.3, 0.4) is 0 Å². The molecule has 1 aromatic carbocycles. The average Bonchev–Trinajstić information content (AvgIpc) is 3.05. The number of nitrogens with zero attached hydrogens (tertiary/aromatic N) is 3. The first-order chi connectivity index (χ1) is 12.6. The highest BCUT2D eigenvalue weighted by Crippen LogP contribution is 2.24. The standard InChI is InChI=1S/C20H25N5O/c1-14-11-19(21-2)24-20(22-14)23-17-7-8-18(26-4)16(12-17)6-5-15-9-10-25(3)13-15/h7-8,11-12,15H,9-10,13H2,1-4H3,(H2,21,22,23,24). The molecule has 1 unspecified atom stereocenters. The summed E-state index contributed by atoms with van der Waals surface area (Å²) >= 11 is 0. The molecule has 0 amide bonds. The van der Waals surface area contributed by atoms with E-state index in [1.54, 1.807) is 7.11 Å². The summed E-state index contributed by atoms with van der Waals surface area (Å²) in [5, 5.41) is 6.29. The van der Waals surface area contributed by atoms with Gasteiger partial charge in [0.25, 0.3) is 0 Å². The number of anilines is 3. The molecule has 2 N–H and O–H groups in total. The highest BCUT2D eigenvalue weighted by atomic mass is 16.5. The van der Waals surface area contributed by atoms with Crippen LogP contribution in [0.15, 0.2) is 24.3 Å². The van der Waals surface area contributed by atoms with Crippen LogP contribution in [0.25, 0.3) is 0 Å². The summed E-state index contributed by atoms with van der Waals surface area (Å²) in [6, 6.07) is 7.74. The van der Waals surface area contributed by atoms with Gasteiger partial charge in [-0.3, -0.25) is 0 Å². The molecule has 1 aliphatic rings. The van der Waals surface area contributed by atoms with Gasteiger partial charge in [-0.25, -0.2) is 4.98 Å². The zero-order chi connectivity index (χ0) is 18.5. The molecule has 136 valence electrons. The molecule has 2 heterocycles. The monoisotopic (exact) mass is 351 g/mol. The van der Waals surface area contributed by atoms with E-state index in [-0.39, 0.29) is 0 Å². The van der Waals surface area contributed by atoms with Crippen LogP contribution in [-0.4, -0.2) is 49.2 Å². The largest absolute Gasteiger partial charge is 0.495 e. The molecule has 6 heteroatoms. The summed E-state index contributed by atoms with van der Waals surface area (Å²) in [6.45, 7) is 4.07. The van der Waals surface area contributed by atoms with Crippen LogP contribution < -0.4 is 15.4 Å². The lowest BCUT2D eigenvalue weighted by Gasteiger charge is -2.10. The second-order valence-corrected chi connectivity index (χ2v) is 6.53. The summed E-state index contributed by atoms with van der Waals surface area (Å²) in [5.74, 6) is 9.19. The van der Waals surface area contributed by atoms with Gasteiger partial charge < -0.3 is 20.3 Å². The van der Waals surface area contributed by atoms with E-state index >= 15 is 0 Å². The number of hydrogen-bond donors (Lipinski definition) is 2. The quantitative estimate of drug-likeness (QED) is 0.826. The normalized spacial score (nSPS) is 16.7. The van der Waals surface area contributed by atoms with Crippen molar-refractivity contribution in [3.05, 3.63) is 35.5 Å². The fraction of sp³-hybridized carbons (Fsp3) is 0.400. The molecule has 0 saturated carbocycles. The van der Waals surface area contributed by atoms with Gasteiger partial charge in [0.15, 0.2) is 0 Å². The van der Waals surface area contributed by atoms with Crippen LogP contribution in [0.5, 0.6) is 5.75 Å². The van der Waals surface area contributed by atoms with E-state index in [0.717, 1.165) is 48.0 Å². The summed E-state index contributed by atoms with van der Waals surface area (Å²) < 4.78 is 5.46. The van der Waals surface area contributed by atoms with Gasteiger partial charge in [0, 0.05) is 37.0 Å². The summed E-state index contributed by atoms with van der Waals surface area (Å²) in [5.41, 5.74) is 2.64. The Morgan fingerprint density at radius 1 is 1.27 bits per heavy atom. The van der Waals surface area contributed by atoms with Gasteiger partial charge in [0.2, 0.25) is 5.95 Å². The van der Waals surface area contributed by atoms with Gasteiger partial charge in [-0.1, -0.05) is 11.8 Å². The summed E-state index contributed by atoms with van der Waals surface area (Å²) in [7, 11) is 5.64. The number of aryl methyl sites for hydroxylation is 1. The van der Waals surface area contributed by atoms with Crippen molar-refractivity contribution in [3.63, 3.8) is 0 Å². The molecule has 3 rings (SSSR count). The fourth-order valence-electron chi connectivity index (χ4n) is 3.00. The van der Waals surface area contributed by atoms with E-state index < -0.39 is 0 Å². The van der Waals surface area contributed by atoms with Crippen LogP contribution in [-0.2, 0) is 0 Å². The predicted octanol–water partition coefficient (Wildman–Crippen LogP) is 2.88. The van der Waals surface area contributed by atoms with E-state index in [0.29, 0.717) is 11.9 Å². The first-order valence-electron chi connectivity index (χ1n) is 8.76. The van der Waals surface area contributed by atoms with Crippen LogP contribution in [0.2, 0.25) is 0 Å². The smallest absolute Gasteiger partial charge is 0.229 e. The minimum absolute atomic E-state index is 0.416. The molecular weight excluding hydrogens is 326 g/mol. The van der Waals surface area contributed by atoms with Crippen molar-refractivity contribution in [2.75, 3.05) is 44.9 Å². The Labute approximate surface area is 155 Å². The molecule has 1 fully saturated rings. The van der Waals surface area contributed by atoms with E-state index in [2.05, 4.69) is 44.4 Å². The molecule has 6 nitrogen and oxygen atoms in total. The summed E-state index contributed by atoms with van der Waals surface area (Å²) in [4.78, 5) is 11.2. The van der Waals surface area contributed by atoms with Crippen molar-refractivity contribution in [1.29, 1.82) is 0 Å². The molecule has 1 saturated heterocycles. The number of methoxy groups -OCH3 is 1. The number of rotatable bonds is 4. The number of nitrogens with one attached hydrogen (secondary N) is 2. The van der Waals surface area contributed by atoms with Crippen LogP contribution in [0.1, 0.15) is 17.7 Å². The van der Waals surface area contributed by atoms with Crippen LogP contribution >= 0.6 is 0 Å². The summed E-state index contributed by atoms with van der Waals surface area (Å²) in [6.07, 6.45) is 1.12. The zero-order valence-electron chi connectivity index (χ0n) is 15.8. The third kappa shape index (κ3) is 4.44. The van der Waals surface area contributed by atoms with Gasteiger partial charge in [-0.2, -0.15) is 4.98 Å². The second-order valence-electron chi connectivity index (χ2n) is 6.53. The number of benzene rings is 1. The Hall–Kier alpha value is -2.78. The first-order valence-corrected chi connectivity index (χ1v) is 8.76. The Morgan fingerprint density at radius 2 is 2.12 bits per heavy atom. The van der Waals surface area contributed by atoms with E-state index in [1.165, 1.54) is 0 Å². The molecule has 1 aliphatic heterocycles. The van der Waals surface area contributed by atoms with Crippen LogP contribution in [0.4, 0.5) is 17.5 Å². The fourth-order valence-corrected chi connectivity index (χ4v) is 3.00. The minimum Gasteiger partial charge on any atom is -0.495 e. The molecule has 2 aromatic rings. The number of aromatic nitrogens is 2. The van der Waals surface area contributed by atoms with Gasteiger partial charge in [-0.15, -0.1) is 0 Å². The Balaban J connectivity index is 1.83. The van der Waals surface area contributed by atoms with Gasteiger partial charge in [-0.05, 0) is 45.1 Å². The lowest BCUT2D eigenvalue weighted by atomic mass is 10.1. The lowest BCUT2D eigenvalue weighted by molar-refractivity contribution is 0.409. The molecule has 1 atom stereocenters. The van der Waals surface area contributed by atoms with Gasteiger partial charge in [0.1, 0.15) is 11.6 Å². The highest BCUT2D eigenvalue weighted by molar-refractivity contribution is 5.62. The van der Waals surface area contributed by atoms with Crippen LogP contribution in [0, 0.1) is 24.7 Å². The Morgan fingerprint density at radius 3 is 2.81 bits per heavy atom. The Kier molecular flexibility index (Phi) is 5.59. The number of ether oxygens (including phenoxy) is 1. The van der Waals surface area contributed by atoms with Gasteiger partial charge in [0.05, 0.1) is 12.7 Å². The van der Waals surface area contributed by atoms with Crippen molar-refractivity contribution in [3.8, 4) is 17.6 Å². The van der Waals surface area contributed by atoms with E-state index in [9.17, 15) is 0 Å². The molecule has 1 aromatic heterocycles. The third-order valence-corrected chi connectivity index (χ3v) is 4.37. The topological polar surface area (TPSA) is 62.3 Å². The van der Waals surface area contributed by atoms with Gasteiger partial charge >= 0.3 is 0 Å². The second kappa shape index (κ2) is 8.07. The SMILES string of the molecule is CNc1cc(C)nc(Nc2ccc(OC)c(C#CC3CCN(C)C3)c2)n1. The highest BCUT2D eigenvalue weighted by Gasteiger charge is 2.17. The van der Waals surface area contributed by atoms with Crippen molar-refractivity contribution in [1.82, 2.24) is 14.9 Å². The third-order valence-electron chi connectivity index (χ3n) is 4.37. The maximum absolute atomic E-state index is 5.46. The molecule has 0 radical (unpaired) electrons. The molecule has 0 bridgehead atoms. The zero-order valence-corrected chi connectivity index (χ0v) is 15.8. The van der Waals surface area contributed by atoms with Crippen molar-refractivity contribution >= 4 is 17.5 Å². The lowest BCUT2D eigenvalue weighted by Crippen LogP contribution is -2.13. The first kappa shape index (κ1) is 18.0. The molecule has 0 aliphatic carbocycles. The average molecular weight is 351 g/mol. The van der Waals surface area contributed by atoms with E-state index in [4.69, 9.17) is 4.74 Å². The molecular formula is C20H25N5O.